The highest BCUT2D eigenvalue weighted by Crippen LogP contribution is 2.30. The van der Waals surface area contributed by atoms with Gasteiger partial charge in [-0.05, 0) is 34.7 Å². The number of halogens is 2. The van der Waals surface area contributed by atoms with Gasteiger partial charge in [-0.15, -0.1) is 0 Å². The van der Waals surface area contributed by atoms with Crippen LogP contribution in [0, 0.1) is 0 Å². The van der Waals surface area contributed by atoms with Crippen LogP contribution in [0.1, 0.15) is 5.56 Å². The van der Waals surface area contributed by atoms with Crippen LogP contribution in [0.5, 0.6) is 5.75 Å². The predicted molar refractivity (Wildman–Crippen MR) is 88.7 cm³/mol. The van der Waals surface area contributed by atoms with Gasteiger partial charge in [0.15, 0.2) is 0 Å². The summed E-state index contributed by atoms with van der Waals surface area (Å²) in [7, 11) is 0. The van der Waals surface area contributed by atoms with E-state index >= 15 is 0 Å². The maximum Gasteiger partial charge on any atom is 0.269 e. The largest absolute Gasteiger partial charge is 0.506 e. The molecule has 23 heavy (non-hydrogen) atoms. The monoisotopic (exact) mass is 348 g/mol. The summed E-state index contributed by atoms with van der Waals surface area (Å²) in [5.41, 5.74) is 1.16. The van der Waals surface area contributed by atoms with Crippen molar-refractivity contribution in [1.29, 1.82) is 0 Å². The third kappa shape index (κ3) is 3.58. The van der Waals surface area contributed by atoms with E-state index in [1.54, 1.807) is 0 Å². The standard InChI is InChI=1S/C14H10Cl2N6O/c15-10-6-9(13(23)12(16)7-10)8-17-22-14(19-20-21-22)18-11-4-2-1-3-5-11/h1-8,23H,(H,18,19,21). The van der Waals surface area contributed by atoms with E-state index in [9.17, 15) is 5.11 Å². The van der Waals surface area contributed by atoms with Crippen molar-refractivity contribution >= 4 is 41.1 Å². The van der Waals surface area contributed by atoms with E-state index in [1.807, 2.05) is 30.3 Å². The molecule has 2 N–H and O–H groups in total. The molecule has 1 aromatic heterocycles. The summed E-state index contributed by atoms with van der Waals surface area (Å²) >= 11 is 11.8. The summed E-state index contributed by atoms with van der Waals surface area (Å²) < 4.78 is 0. The molecule has 0 aliphatic heterocycles. The molecule has 0 amide bonds. The van der Waals surface area contributed by atoms with E-state index in [2.05, 4.69) is 25.9 Å². The first-order valence-electron chi connectivity index (χ1n) is 6.46. The van der Waals surface area contributed by atoms with Gasteiger partial charge < -0.3 is 10.4 Å². The zero-order valence-electron chi connectivity index (χ0n) is 11.6. The number of rotatable bonds is 4. The molecule has 9 heteroatoms. The lowest BCUT2D eigenvalue weighted by Crippen LogP contribution is -2.01. The fourth-order valence-electron chi connectivity index (χ4n) is 1.79. The SMILES string of the molecule is Oc1c(Cl)cc(Cl)cc1C=Nn1nnnc1Nc1ccccc1. The molecule has 0 unspecified atom stereocenters. The first-order chi connectivity index (χ1) is 11.1. The van der Waals surface area contributed by atoms with Crippen LogP contribution in [0.4, 0.5) is 11.6 Å². The van der Waals surface area contributed by atoms with Crippen LogP contribution >= 0.6 is 23.2 Å². The molecule has 0 saturated heterocycles. The number of anilines is 2. The van der Waals surface area contributed by atoms with Crippen LogP contribution in [-0.4, -0.2) is 31.6 Å². The number of phenolic OH excluding ortho intramolecular Hbond substituents is 1. The molecule has 3 rings (SSSR count). The molecule has 3 aromatic rings. The minimum Gasteiger partial charge on any atom is -0.506 e. The molecule has 2 aromatic carbocycles. The molecular weight excluding hydrogens is 339 g/mol. The van der Waals surface area contributed by atoms with Gasteiger partial charge in [-0.2, -0.15) is 5.10 Å². The fourth-order valence-corrected chi connectivity index (χ4v) is 2.30. The zero-order chi connectivity index (χ0) is 16.2. The minimum absolute atomic E-state index is 0.120. The molecule has 1 heterocycles. The number of aromatic nitrogens is 4. The number of hydrogen-bond donors (Lipinski definition) is 2. The number of aromatic hydroxyl groups is 1. The number of hydrogen-bond acceptors (Lipinski definition) is 6. The molecule has 0 aliphatic rings. The second kappa shape index (κ2) is 6.64. The first-order valence-corrected chi connectivity index (χ1v) is 7.22. The van der Waals surface area contributed by atoms with Crippen molar-refractivity contribution in [2.24, 2.45) is 5.10 Å². The highest BCUT2D eigenvalue weighted by Gasteiger charge is 2.08. The Morgan fingerprint density at radius 3 is 2.74 bits per heavy atom. The van der Waals surface area contributed by atoms with Crippen LogP contribution in [0.3, 0.4) is 0 Å². The predicted octanol–water partition coefficient (Wildman–Crippen LogP) is 3.31. The van der Waals surface area contributed by atoms with E-state index in [0.29, 0.717) is 16.5 Å². The van der Waals surface area contributed by atoms with Crippen molar-refractivity contribution in [2.75, 3.05) is 5.32 Å². The summed E-state index contributed by atoms with van der Waals surface area (Å²) in [6.07, 6.45) is 1.36. The Balaban J connectivity index is 1.86. The molecule has 0 aliphatic carbocycles. The summed E-state index contributed by atoms with van der Waals surface area (Å²) in [5, 5.41) is 28.7. The van der Waals surface area contributed by atoms with Crippen molar-refractivity contribution in [3.63, 3.8) is 0 Å². The van der Waals surface area contributed by atoms with Crippen LogP contribution in [0.25, 0.3) is 0 Å². The maximum atomic E-state index is 9.90. The number of para-hydroxylation sites is 1. The molecule has 0 bridgehead atoms. The lowest BCUT2D eigenvalue weighted by Gasteiger charge is -2.04. The van der Waals surface area contributed by atoms with Gasteiger partial charge in [0, 0.05) is 16.3 Å². The molecule has 7 nitrogen and oxygen atoms in total. The number of phenols is 1. The van der Waals surface area contributed by atoms with E-state index in [1.165, 1.54) is 23.1 Å². The van der Waals surface area contributed by atoms with Gasteiger partial charge >= 0.3 is 0 Å². The number of nitrogens with one attached hydrogen (secondary N) is 1. The Hall–Kier alpha value is -2.64. The van der Waals surface area contributed by atoms with Gasteiger partial charge in [-0.1, -0.05) is 51.3 Å². The quantitative estimate of drug-likeness (QED) is 0.706. The van der Waals surface area contributed by atoms with E-state index in [-0.39, 0.29) is 10.8 Å². The van der Waals surface area contributed by atoms with Crippen molar-refractivity contribution in [1.82, 2.24) is 20.3 Å². The Bertz CT molecular complexity index is 850. The van der Waals surface area contributed by atoms with Crippen molar-refractivity contribution in [3.8, 4) is 5.75 Å². The highest BCUT2D eigenvalue weighted by molar-refractivity contribution is 6.36. The Labute approximate surface area is 141 Å². The summed E-state index contributed by atoms with van der Waals surface area (Å²) in [4.78, 5) is 1.18. The lowest BCUT2D eigenvalue weighted by molar-refractivity contribution is 0.474. The molecule has 0 radical (unpaired) electrons. The smallest absolute Gasteiger partial charge is 0.269 e. The first kappa shape index (κ1) is 15.3. The molecule has 0 fully saturated rings. The maximum absolute atomic E-state index is 9.90. The molecule has 0 saturated carbocycles. The average molecular weight is 349 g/mol. The number of tetrazole rings is 1. The average Bonchev–Trinajstić information content (AvgIpc) is 2.97. The second-order valence-electron chi connectivity index (χ2n) is 4.45. The van der Waals surface area contributed by atoms with E-state index in [0.717, 1.165) is 5.69 Å². The van der Waals surface area contributed by atoms with Crippen LogP contribution in [0.15, 0.2) is 47.6 Å². The third-order valence-electron chi connectivity index (χ3n) is 2.85. The van der Waals surface area contributed by atoms with Gasteiger partial charge in [0.05, 0.1) is 11.2 Å². The summed E-state index contributed by atoms with van der Waals surface area (Å²) in [6.45, 7) is 0. The molecular formula is C14H10Cl2N6O. The Kier molecular flexibility index (Phi) is 4.40. The Morgan fingerprint density at radius 2 is 1.96 bits per heavy atom. The van der Waals surface area contributed by atoms with Crippen molar-refractivity contribution in [2.45, 2.75) is 0 Å². The summed E-state index contributed by atoms with van der Waals surface area (Å²) in [6, 6.07) is 12.4. The fraction of sp³-hybridized carbons (Fsp3) is 0. The van der Waals surface area contributed by atoms with Gasteiger partial charge in [-0.25, -0.2) is 0 Å². The third-order valence-corrected chi connectivity index (χ3v) is 3.35. The van der Waals surface area contributed by atoms with E-state index in [4.69, 9.17) is 23.2 Å². The van der Waals surface area contributed by atoms with Gasteiger partial charge in [0.25, 0.3) is 5.95 Å². The van der Waals surface area contributed by atoms with Gasteiger partial charge in [0.1, 0.15) is 5.75 Å². The van der Waals surface area contributed by atoms with Crippen LogP contribution < -0.4 is 5.32 Å². The van der Waals surface area contributed by atoms with E-state index < -0.39 is 0 Å². The number of benzene rings is 2. The van der Waals surface area contributed by atoms with Crippen molar-refractivity contribution in [3.05, 3.63) is 58.1 Å². The van der Waals surface area contributed by atoms with Gasteiger partial charge in [0.2, 0.25) is 0 Å². The minimum atomic E-state index is -0.120. The van der Waals surface area contributed by atoms with Crippen molar-refractivity contribution < 1.29 is 5.11 Å². The normalized spacial score (nSPS) is 11.0. The topological polar surface area (TPSA) is 88.2 Å². The van der Waals surface area contributed by atoms with Crippen LogP contribution in [-0.2, 0) is 0 Å². The summed E-state index contributed by atoms with van der Waals surface area (Å²) in [5.74, 6) is 0.200. The van der Waals surface area contributed by atoms with Gasteiger partial charge in [-0.3, -0.25) is 0 Å². The Morgan fingerprint density at radius 1 is 1.17 bits per heavy atom. The van der Waals surface area contributed by atoms with Crippen LogP contribution in [0.2, 0.25) is 10.0 Å². The molecule has 0 atom stereocenters. The number of nitrogens with zero attached hydrogens (tertiary/aromatic N) is 5. The molecule has 116 valence electrons. The zero-order valence-corrected chi connectivity index (χ0v) is 13.1. The second-order valence-corrected chi connectivity index (χ2v) is 5.30. The molecule has 0 spiro atoms. The lowest BCUT2D eigenvalue weighted by atomic mass is 10.2. The highest BCUT2D eigenvalue weighted by atomic mass is 35.5.